The highest BCUT2D eigenvalue weighted by Gasteiger charge is 2.17. The van der Waals surface area contributed by atoms with E-state index in [2.05, 4.69) is 15.4 Å². The molecule has 0 atom stereocenters. The summed E-state index contributed by atoms with van der Waals surface area (Å²) in [5.41, 5.74) is 1.83. The van der Waals surface area contributed by atoms with Crippen molar-refractivity contribution in [1.29, 1.82) is 0 Å². The molecule has 1 fully saturated rings. The van der Waals surface area contributed by atoms with E-state index in [0.29, 0.717) is 11.2 Å². The molecule has 1 amide bonds. The summed E-state index contributed by atoms with van der Waals surface area (Å²) in [4.78, 5) is 28.5. The fourth-order valence-electron chi connectivity index (χ4n) is 3.33. The van der Waals surface area contributed by atoms with Gasteiger partial charge >= 0.3 is 5.97 Å². The number of hydrogen-bond donors (Lipinski definition) is 1. The molecule has 1 aliphatic rings. The fraction of sp³-hybridized carbons (Fsp3) is 0.556. The summed E-state index contributed by atoms with van der Waals surface area (Å²) >= 11 is 0. The third-order valence-corrected chi connectivity index (χ3v) is 4.65. The van der Waals surface area contributed by atoms with Crippen LogP contribution in [-0.2, 0) is 16.6 Å². The van der Waals surface area contributed by atoms with Gasteiger partial charge in [0.1, 0.15) is 0 Å². The van der Waals surface area contributed by atoms with E-state index in [1.165, 1.54) is 19.0 Å². The number of ether oxygens (including phenoxy) is 1. The maximum atomic E-state index is 12.2. The molecule has 2 aromatic rings. The number of nitrogens with one attached hydrogen (secondary N) is 1. The van der Waals surface area contributed by atoms with Gasteiger partial charge in [0.15, 0.2) is 12.3 Å². The SMILES string of the molecule is Cc1nn(C)c2ncc(C(=O)OCC(=O)NC3CCCCCC3)cc12. The largest absolute Gasteiger partial charge is 0.452 e. The van der Waals surface area contributed by atoms with Gasteiger partial charge in [-0.25, -0.2) is 9.78 Å². The number of fused-ring (bicyclic) bond motifs is 1. The number of aromatic nitrogens is 3. The molecular weight excluding hydrogens is 320 g/mol. The van der Waals surface area contributed by atoms with Crippen molar-refractivity contribution >= 4 is 22.9 Å². The predicted octanol–water partition coefficient (Wildman–Crippen LogP) is 2.27. The van der Waals surface area contributed by atoms with E-state index in [-0.39, 0.29) is 18.6 Å². The lowest BCUT2D eigenvalue weighted by atomic mass is 10.1. The first kappa shape index (κ1) is 17.4. The molecule has 0 spiro atoms. The van der Waals surface area contributed by atoms with Gasteiger partial charge in [0, 0.05) is 24.7 Å². The smallest absolute Gasteiger partial charge is 0.340 e. The standard InChI is InChI=1S/C18H24N4O3/c1-12-15-9-13(10-19-17(15)22(2)21-12)18(24)25-11-16(23)20-14-7-5-3-4-6-8-14/h9-10,14H,3-8,11H2,1-2H3,(H,20,23). The molecule has 25 heavy (non-hydrogen) atoms. The molecule has 7 heteroatoms. The molecule has 1 aliphatic carbocycles. The minimum atomic E-state index is -0.548. The molecule has 1 saturated carbocycles. The number of aryl methyl sites for hydroxylation is 2. The Morgan fingerprint density at radius 3 is 2.72 bits per heavy atom. The topological polar surface area (TPSA) is 86.1 Å². The fourth-order valence-corrected chi connectivity index (χ4v) is 3.33. The third-order valence-electron chi connectivity index (χ3n) is 4.65. The van der Waals surface area contributed by atoms with Crippen LogP contribution in [0, 0.1) is 6.92 Å². The van der Waals surface area contributed by atoms with Crippen molar-refractivity contribution in [2.45, 2.75) is 51.5 Å². The molecule has 0 aromatic carbocycles. The maximum absolute atomic E-state index is 12.2. The molecule has 0 saturated heterocycles. The molecule has 2 heterocycles. The van der Waals surface area contributed by atoms with Gasteiger partial charge in [-0.1, -0.05) is 25.7 Å². The van der Waals surface area contributed by atoms with E-state index >= 15 is 0 Å². The summed E-state index contributed by atoms with van der Waals surface area (Å²) in [5.74, 6) is -0.791. The van der Waals surface area contributed by atoms with Gasteiger partial charge < -0.3 is 10.1 Å². The van der Waals surface area contributed by atoms with E-state index < -0.39 is 5.97 Å². The minimum Gasteiger partial charge on any atom is -0.452 e. The number of esters is 1. The van der Waals surface area contributed by atoms with Gasteiger partial charge in [-0.3, -0.25) is 9.48 Å². The first-order chi connectivity index (χ1) is 12.0. The molecule has 0 bridgehead atoms. The monoisotopic (exact) mass is 344 g/mol. The average Bonchev–Trinajstić information content (AvgIpc) is 2.78. The van der Waals surface area contributed by atoms with Crippen molar-refractivity contribution in [2.75, 3.05) is 6.61 Å². The van der Waals surface area contributed by atoms with E-state index in [0.717, 1.165) is 36.8 Å². The van der Waals surface area contributed by atoms with Crippen LogP contribution in [0.15, 0.2) is 12.3 Å². The number of hydrogen-bond acceptors (Lipinski definition) is 5. The molecule has 1 N–H and O–H groups in total. The Morgan fingerprint density at radius 2 is 2.00 bits per heavy atom. The Bertz CT molecular complexity index is 776. The number of carbonyl (C=O) groups is 2. The summed E-state index contributed by atoms with van der Waals surface area (Å²) in [5, 5.41) is 8.04. The molecule has 2 aromatic heterocycles. The van der Waals surface area contributed by atoms with E-state index in [1.807, 2.05) is 6.92 Å². The number of carbonyl (C=O) groups excluding carboxylic acids is 2. The minimum absolute atomic E-state index is 0.199. The predicted molar refractivity (Wildman–Crippen MR) is 93.2 cm³/mol. The van der Waals surface area contributed by atoms with Crippen LogP contribution in [0.3, 0.4) is 0 Å². The van der Waals surface area contributed by atoms with Gasteiger partial charge in [-0.05, 0) is 25.8 Å². The van der Waals surface area contributed by atoms with Crippen molar-refractivity contribution in [1.82, 2.24) is 20.1 Å². The molecular formula is C18H24N4O3. The van der Waals surface area contributed by atoms with Gasteiger partial charge in [-0.2, -0.15) is 5.10 Å². The molecule has 134 valence electrons. The van der Waals surface area contributed by atoms with Crippen LogP contribution in [-0.4, -0.2) is 39.3 Å². The zero-order valence-corrected chi connectivity index (χ0v) is 14.7. The number of nitrogens with zero attached hydrogens (tertiary/aromatic N) is 3. The lowest BCUT2D eigenvalue weighted by molar-refractivity contribution is -0.125. The van der Waals surface area contributed by atoms with E-state index in [1.54, 1.807) is 17.8 Å². The molecule has 3 rings (SSSR count). The second-order valence-corrected chi connectivity index (χ2v) is 6.64. The zero-order valence-electron chi connectivity index (χ0n) is 14.7. The van der Waals surface area contributed by atoms with Gasteiger partial charge in [-0.15, -0.1) is 0 Å². The first-order valence-electron chi connectivity index (χ1n) is 8.80. The Kier molecular flexibility index (Phi) is 5.31. The van der Waals surface area contributed by atoms with E-state index in [4.69, 9.17) is 4.74 Å². The van der Waals surface area contributed by atoms with Gasteiger partial charge in [0.05, 0.1) is 11.3 Å². The van der Waals surface area contributed by atoms with E-state index in [9.17, 15) is 9.59 Å². The summed E-state index contributed by atoms with van der Waals surface area (Å²) in [7, 11) is 1.80. The van der Waals surface area contributed by atoms with Gasteiger partial charge in [0.2, 0.25) is 0 Å². The zero-order chi connectivity index (χ0) is 17.8. The second kappa shape index (κ2) is 7.63. The summed E-state index contributed by atoms with van der Waals surface area (Å²) < 4.78 is 6.81. The maximum Gasteiger partial charge on any atom is 0.340 e. The number of pyridine rings is 1. The van der Waals surface area contributed by atoms with Crippen molar-refractivity contribution in [3.8, 4) is 0 Å². The van der Waals surface area contributed by atoms with Crippen molar-refractivity contribution < 1.29 is 14.3 Å². The third kappa shape index (κ3) is 4.15. The number of amides is 1. The Labute approximate surface area is 146 Å². The molecule has 0 unspecified atom stereocenters. The van der Waals surface area contributed by atoms with Crippen LogP contribution >= 0.6 is 0 Å². The van der Waals surface area contributed by atoms with Crippen molar-refractivity contribution in [3.63, 3.8) is 0 Å². The first-order valence-corrected chi connectivity index (χ1v) is 8.80. The van der Waals surface area contributed by atoms with Crippen LogP contribution in [0.5, 0.6) is 0 Å². The summed E-state index contributed by atoms with van der Waals surface area (Å²) in [6, 6.07) is 1.90. The summed E-state index contributed by atoms with van der Waals surface area (Å²) in [6.45, 7) is 1.60. The Balaban J connectivity index is 1.56. The molecule has 0 aliphatic heterocycles. The highest BCUT2D eigenvalue weighted by molar-refractivity contribution is 5.94. The van der Waals surface area contributed by atoms with Gasteiger partial charge in [0.25, 0.3) is 5.91 Å². The van der Waals surface area contributed by atoms with Crippen molar-refractivity contribution in [2.24, 2.45) is 7.05 Å². The van der Waals surface area contributed by atoms with Crippen LogP contribution in [0.4, 0.5) is 0 Å². The van der Waals surface area contributed by atoms with Crippen LogP contribution < -0.4 is 5.32 Å². The van der Waals surface area contributed by atoms with Crippen molar-refractivity contribution in [3.05, 3.63) is 23.5 Å². The Hall–Kier alpha value is -2.44. The lowest BCUT2D eigenvalue weighted by Gasteiger charge is -2.16. The van der Waals surface area contributed by atoms with Crippen LogP contribution in [0.2, 0.25) is 0 Å². The highest BCUT2D eigenvalue weighted by atomic mass is 16.5. The van der Waals surface area contributed by atoms with Crippen LogP contribution in [0.25, 0.3) is 11.0 Å². The normalized spacial score (nSPS) is 15.8. The second-order valence-electron chi connectivity index (χ2n) is 6.64. The molecule has 0 radical (unpaired) electrons. The average molecular weight is 344 g/mol. The van der Waals surface area contributed by atoms with Crippen LogP contribution in [0.1, 0.15) is 54.6 Å². The Morgan fingerprint density at radius 1 is 1.28 bits per heavy atom. The quantitative estimate of drug-likeness (QED) is 0.679. The molecule has 7 nitrogen and oxygen atoms in total. The number of rotatable bonds is 4. The summed E-state index contributed by atoms with van der Waals surface area (Å²) in [6.07, 6.45) is 8.19. The highest BCUT2D eigenvalue weighted by Crippen LogP contribution is 2.18. The lowest BCUT2D eigenvalue weighted by Crippen LogP contribution is -2.37.